The first-order valence-corrected chi connectivity index (χ1v) is 10.4. The second-order valence-electron chi connectivity index (χ2n) is 8.05. The van der Waals surface area contributed by atoms with Crippen molar-refractivity contribution in [2.75, 3.05) is 32.7 Å². The second kappa shape index (κ2) is 9.75. The van der Waals surface area contributed by atoms with E-state index in [4.69, 9.17) is 5.26 Å². The number of piperidine rings is 1. The molecule has 5 nitrogen and oxygen atoms in total. The molecule has 0 spiro atoms. The fourth-order valence-electron chi connectivity index (χ4n) is 4.21. The van der Waals surface area contributed by atoms with Crippen LogP contribution in [-0.4, -0.2) is 48.6 Å². The van der Waals surface area contributed by atoms with Crippen LogP contribution in [0.5, 0.6) is 0 Å². The third-order valence-electron chi connectivity index (χ3n) is 6.00. The van der Waals surface area contributed by atoms with Crippen molar-refractivity contribution in [2.45, 2.75) is 51.5 Å². The molecule has 146 valence electrons. The molecule has 0 aromatic heterocycles. The minimum Gasteiger partial charge on any atom is -0.331 e. The van der Waals surface area contributed by atoms with Gasteiger partial charge in [0.05, 0.1) is 17.7 Å². The first-order chi connectivity index (χ1) is 13.2. The Morgan fingerprint density at radius 2 is 1.74 bits per heavy atom. The number of carbonyl (C=O) groups excluding carboxylic acids is 1. The molecular formula is C22H32N4O. The third-order valence-corrected chi connectivity index (χ3v) is 6.00. The third kappa shape index (κ3) is 5.71. The number of urea groups is 1. The summed E-state index contributed by atoms with van der Waals surface area (Å²) in [5.41, 5.74) is 1.67. The van der Waals surface area contributed by atoms with Crippen molar-refractivity contribution in [3.8, 4) is 6.07 Å². The van der Waals surface area contributed by atoms with E-state index >= 15 is 0 Å². The van der Waals surface area contributed by atoms with E-state index in [1.165, 1.54) is 45.3 Å². The number of benzene rings is 1. The summed E-state index contributed by atoms with van der Waals surface area (Å²) in [4.78, 5) is 17.2. The number of amides is 2. The highest BCUT2D eigenvalue weighted by Gasteiger charge is 2.25. The molecule has 1 unspecified atom stereocenters. The summed E-state index contributed by atoms with van der Waals surface area (Å²) in [5.74, 6) is 0.725. The van der Waals surface area contributed by atoms with Crippen LogP contribution in [0.4, 0.5) is 4.79 Å². The van der Waals surface area contributed by atoms with Gasteiger partial charge in [-0.1, -0.05) is 25.0 Å². The van der Waals surface area contributed by atoms with E-state index < -0.39 is 0 Å². The van der Waals surface area contributed by atoms with Crippen LogP contribution in [0.1, 0.15) is 62.6 Å². The van der Waals surface area contributed by atoms with E-state index in [0.717, 1.165) is 37.4 Å². The van der Waals surface area contributed by atoms with Crippen molar-refractivity contribution >= 4 is 6.03 Å². The molecule has 2 amide bonds. The van der Waals surface area contributed by atoms with E-state index in [1.807, 2.05) is 24.0 Å². The molecule has 3 rings (SSSR count). The maximum Gasteiger partial charge on any atom is 0.317 e. The quantitative estimate of drug-likeness (QED) is 0.876. The maximum absolute atomic E-state index is 12.6. The highest BCUT2D eigenvalue weighted by molar-refractivity contribution is 5.74. The summed E-state index contributed by atoms with van der Waals surface area (Å²) in [7, 11) is 0. The molecule has 1 aromatic carbocycles. The van der Waals surface area contributed by atoms with Crippen molar-refractivity contribution < 1.29 is 4.79 Å². The number of rotatable bonds is 4. The molecule has 2 aliphatic rings. The molecule has 1 N–H and O–H groups in total. The molecule has 27 heavy (non-hydrogen) atoms. The van der Waals surface area contributed by atoms with Gasteiger partial charge in [-0.15, -0.1) is 0 Å². The Morgan fingerprint density at radius 3 is 2.33 bits per heavy atom. The minimum absolute atomic E-state index is 0.0279. The van der Waals surface area contributed by atoms with Gasteiger partial charge in [0.15, 0.2) is 0 Å². The van der Waals surface area contributed by atoms with Gasteiger partial charge in [-0.05, 0) is 69.3 Å². The summed E-state index contributed by atoms with van der Waals surface area (Å²) >= 11 is 0. The zero-order valence-corrected chi connectivity index (χ0v) is 16.5. The zero-order valence-electron chi connectivity index (χ0n) is 16.5. The predicted molar refractivity (Wildman–Crippen MR) is 107 cm³/mol. The number of nitriles is 1. The van der Waals surface area contributed by atoms with Crippen LogP contribution in [0.2, 0.25) is 0 Å². The van der Waals surface area contributed by atoms with E-state index in [2.05, 4.69) is 16.3 Å². The molecule has 2 saturated heterocycles. The Bertz CT molecular complexity index is 635. The Labute approximate surface area is 163 Å². The average molecular weight is 369 g/mol. The van der Waals surface area contributed by atoms with Crippen molar-refractivity contribution in [1.29, 1.82) is 5.26 Å². The zero-order chi connectivity index (χ0) is 19.1. The van der Waals surface area contributed by atoms with Crippen molar-refractivity contribution in [3.63, 3.8) is 0 Å². The fraction of sp³-hybridized carbons (Fsp3) is 0.636. The first-order valence-electron chi connectivity index (χ1n) is 10.4. The lowest BCUT2D eigenvalue weighted by Gasteiger charge is -2.35. The van der Waals surface area contributed by atoms with Gasteiger partial charge in [0.2, 0.25) is 0 Å². The molecule has 1 aromatic rings. The number of nitrogens with zero attached hydrogens (tertiary/aromatic N) is 3. The second-order valence-corrected chi connectivity index (χ2v) is 8.05. The topological polar surface area (TPSA) is 59.4 Å². The molecule has 2 fully saturated rings. The lowest BCUT2D eigenvalue weighted by atomic mass is 9.96. The van der Waals surface area contributed by atoms with Crippen LogP contribution in [0.3, 0.4) is 0 Å². The molecule has 0 aliphatic carbocycles. The van der Waals surface area contributed by atoms with Crippen LogP contribution in [0, 0.1) is 17.2 Å². The molecule has 0 radical (unpaired) electrons. The van der Waals surface area contributed by atoms with Crippen LogP contribution in [0.25, 0.3) is 0 Å². The minimum atomic E-state index is -0.0555. The van der Waals surface area contributed by atoms with Crippen LogP contribution in [-0.2, 0) is 0 Å². The van der Waals surface area contributed by atoms with Gasteiger partial charge in [-0.2, -0.15) is 5.26 Å². The van der Waals surface area contributed by atoms with E-state index in [0.29, 0.717) is 5.56 Å². The monoisotopic (exact) mass is 368 g/mol. The molecule has 1 atom stereocenters. The van der Waals surface area contributed by atoms with E-state index in [9.17, 15) is 4.79 Å². The summed E-state index contributed by atoms with van der Waals surface area (Å²) in [6.45, 7) is 7.41. The SMILES string of the molecule is CC(NC(=O)N1CCC(CN2CCCCCC2)CC1)c1ccc(C#N)cc1. The average Bonchev–Trinajstić information content (AvgIpc) is 2.97. The number of nitrogens with one attached hydrogen (secondary N) is 1. The highest BCUT2D eigenvalue weighted by atomic mass is 16.2. The molecule has 0 bridgehead atoms. The van der Waals surface area contributed by atoms with Crippen molar-refractivity contribution in [1.82, 2.24) is 15.1 Å². The van der Waals surface area contributed by atoms with Gasteiger partial charge in [-0.25, -0.2) is 4.79 Å². The van der Waals surface area contributed by atoms with Gasteiger partial charge < -0.3 is 15.1 Å². The van der Waals surface area contributed by atoms with Gasteiger partial charge in [0.1, 0.15) is 0 Å². The lowest BCUT2D eigenvalue weighted by Crippen LogP contribution is -2.46. The van der Waals surface area contributed by atoms with Gasteiger partial charge >= 0.3 is 6.03 Å². The Balaban J connectivity index is 1.43. The molecule has 2 heterocycles. The summed E-state index contributed by atoms with van der Waals surface area (Å²) in [6, 6.07) is 9.52. The summed E-state index contributed by atoms with van der Waals surface area (Å²) < 4.78 is 0. The summed E-state index contributed by atoms with van der Waals surface area (Å²) in [6.07, 6.45) is 7.66. The van der Waals surface area contributed by atoms with Crippen molar-refractivity contribution in [2.24, 2.45) is 5.92 Å². The first kappa shape index (κ1) is 19.7. The Hall–Kier alpha value is -2.06. The van der Waals surface area contributed by atoms with Crippen LogP contribution >= 0.6 is 0 Å². The van der Waals surface area contributed by atoms with Gasteiger partial charge in [0, 0.05) is 19.6 Å². The van der Waals surface area contributed by atoms with E-state index in [1.54, 1.807) is 12.1 Å². The standard InChI is InChI=1S/C22H32N4O/c1-18(21-8-6-19(16-23)7-9-21)24-22(27)26-14-10-20(11-15-26)17-25-12-4-2-3-5-13-25/h6-9,18,20H,2-5,10-15,17H2,1H3,(H,24,27). The molecule has 0 saturated carbocycles. The maximum atomic E-state index is 12.6. The molecule has 2 aliphatic heterocycles. The van der Waals surface area contributed by atoms with Crippen LogP contribution in [0.15, 0.2) is 24.3 Å². The fourth-order valence-corrected chi connectivity index (χ4v) is 4.21. The van der Waals surface area contributed by atoms with Crippen molar-refractivity contribution in [3.05, 3.63) is 35.4 Å². The number of hydrogen-bond acceptors (Lipinski definition) is 3. The molecule has 5 heteroatoms. The molecular weight excluding hydrogens is 336 g/mol. The Kier molecular flexibility index (Phi) is 7.11. The summed E-state index contributed by atoms with van der Waals surface area (Å²) in [5, 5.41) is 12.0. The highest BCUT2D eigenvalue weighted by Crippen LogP contribution is 2.21. The smallest absolute Gasteiger partial charge is 0.317 e. The van der Waals surface area contributed by atoms with Crippen LogP contribution < -0.4 is 5.32 Å². The number of likely N-dealkylation sites (tertiary alicyclic amines) is 2. The van der Waals surface area contributed by atoms with Gasteiger partial charge in [-0.3, -0.25) is 0 Å². The normalized spacial score (nSPS) is 20.5. The number of hydrogen-bond donors (Lipinski definition) is 1. The lowest BCUT2D eigenvalue weighted by molar-refractivity contribution is 0.146. The predicted octanol–water partition coefficient (Wildman–Crippen LogP) is 3.92. The van der Waals surface area contributed by atoms with E-state index in [-0.39, 0.29) is 12.1 Å². The number of carbonyl (C=O) groups is 1. The largest absolute Gasteiger partial charge is 0.331 e. The van der Waals surface area contributed by atoms with Gasteiger partial charge in [0.25, 0.3) is 0 Å². The Morgan fingerprint density at radius 1 is 1.11 bits per heavy atom.